The highest BCUT2D eigenvalue weighted by atomic mass is 35.5. The quantitative estimate of drug-likeness (QED) is 0.101. The maximum atomic E-state index is 12.7. The van der Waals surface area contributed by atoms with Crippen LogP contribution in [0.2, 0.25) is 5.02 Å². The predicted octanol–water partition coefficient (Wildman–Crippen LogP) is 0.370. The number of hydrogen-bond acceptors (Lipinski definition) is 8. The Morgan fingerprint density at radius 3 is 2.56 bits per heavy atom. The topological polar surface area (TPSA) is 197 Å². The number of likely N-dealkylation sites (tertiary alicyclic amines) is 2. The summed E-state index contributed by atoms with van der Waals surface area (Å²) in [6, 6.07) is 0.224. The maximum absolute atomic E-state index is 12.7. The molecular weight excluding hydrogens is 520 g/mol. The summed E-state index contributed by atoms with van der Waals surface area (Å²) in [5.74, 6) is -4.98. The first-order chi connectivity index (χ1) is 16.8. The molecule has 1 aromatic carbocycles. The van der Waals surface area contributed by atoms with Crippen LogP contribution in [-0.2, 0) is 25.5 Å². The number of carboxylic acid groups (broad SMARTS) is 1. The van der Waals surface area contributed by atoms with Crippen LogP contribution in [0.15, 0.2) is 17.2 Å². The Kier molecular flexibility index (Phi) is 7.91. The molecule has 15 heteroatoms. The minimum Gasteiger partial charge on any atom is -0.504 e. The van der Waals surface area contributed by atoms with E-state index in [0.717, 1.165) is 24.1 Å². The molecule has 0 aliphatic carbocycles. The number of hydrazone groups is 1. The van der Waals surface area contributed by atoms with Gasteiger partial charge in [-0.15, -0.1) is 0 Å². The minimum absolute atomic E-state index is 0.0150. The van der Waals surface area contributed by atoms with Gasteiger partial charge < -0.3 is 29.7 Å². The number of benzene rings is 1. The normalized spacial score (nSPS) is 23.2. The third-order valence-electron chi connectivity index (χ3n) is 6.33. The second-order valence-corrected chi connectivity index (χ2v) is 10.5. The third-order valence-corrected chi connectivity index (χ3v) is 7.80. The number of nitrogens with one attached hydrogen (secondary N) is 1. The van der Waals surface area contributed by atoms with Crippen molar-refractivity contribution < 1.29 is 43.3 Å². The van der Waals surface area contributed by atoms with Gasteiger partial charge >= 0.3 is 5.97 Å². The Morgan fingerprint density at radius 1 is 1.33 bits per heavy atom. The molecule has 0 spiro atoms. The van der Waals surface area contributed by atoms with Crippen LogP contribution in [0.5, 0.6) is 11.5 Å². The first-order valence-corrected chi connectivity index (χ1v) is 12.3. The molecule has 196 valence electrons. The van der Waals surface area contributed by atoms with Gasteiger partial charge in [-0.25, -0.2) is 14.4 Å². The molecule has 13 nitrogen and oxygen atoms in total. The number of amides is 3. The molecule has 3 amide bonds. The largest absolute Gasteiger partial charge is 0.504 e. The lowest BCUT2D eigenvalue weighted by Gasteiger charge is -2.46. The van der Waals surface area contributed by atoms with Crippen LogP contribution in [0.3, 0.4) is 0 Å². The fourth-order valence-electron chi connectivity index (χ4n) is 4.20. The molecule has 0 aromatic heterocycles. The smallest absolute Gasteiger partial charge is 0.328 e. The van der Waals surface area contributed by atoms with Gasteiger partial charge in [-0.1, -0.05) is 11.6 Å². The number of β-lactam (4-membered cyclic amide) rings is 1. The minimum atomic E-state index is -2.77. The van der Waals surface area contributed by atoms with Gasteiger partial charge in [-0.05, 0) is 32.4 Å². The summed E-state index contributed by atoms with van der Waals surface area (Å²) in [6.07, 6.45) is 1.20. The number of phenols is 2. The number of rotatable bonds is 8. The van der Waals surface area contributed by atoms with Crippen molar-refractivity contribution in [3.63, 3.8) is 0 Å². The predicted molar refractivity (Wildman–Crippen MR) is 127 cm³/mol. The summed E-state index contributed by atoms with van der Waals surface area (Å²) in [6.45, 7) is 2.92. The Bertz CT molecular complexity index is 1160. The molecule has 5 atom stereocenters. The van der Waals surface area contributed by atoms with E-state index in [9.17, 15) is 43.3 Å². The van der Waals surface area contributed by atoms with Crippen LogP contribution in [-0.4, -0.2) is 93.7 Å². The average molecular weight is 545 g/mol. The molecule has 0 saturated carbocycles. The Balaban J connectivity index is 1.68. The van der Waals surface area contributed by atoms with Crippen molar-refractivity contribution in [2.75, 3.05) is 13.1 Å². The molecule has 3 rings (SSSR count). The number of aromatic hydroxyl groups is 2. The zero-order chi connectivity index (χ0) is 26.9. The standard InChI is InChI=1S/C21H25ClN4O9S/c1-10-7-14(28)26(10)17(20(32)33)21(2,36(34)35)9-23-24-18(30)11-5-6-25(8-11)19(31)12-3-4-13(27)16(29)15(12)22/h3-4,9-11,17,27,29H,5-8H2,1-2H3,(H,24,30)(H,32,33)(H,34,35)/b23-9+/t10-,11?,17+,21+/m1/s1. The van der Waals surface area contributed by atoms with Crippen molar-refractivity contribution in [2.24, 2.45) is 11.0 Å². The van der Waals surface area contributed by atoms with Gasteiger partial charge in [0.1, 0.15) is 4.75 Å². The fourth-order valence-corrected chi connectivity index (χ4v) is 4.99. The van der Waals surface area contributed by atoms with Gasteiger partial charge in [-0.2, -0.15) is 5.10 Å². The van der Waals surface area contributed by atoms with E-state index in [1.54, 1.807) is 6.92 Å². The number of carbonyl (C=O) groups is 4. The average Bonchev–Trinajstić information content (AvgIpc) is 3.30. The van der Waals surface area contributed by atoms with Crippen LogP contribution in [0.4, 0.5) is 0 Å². The molecular formula is C21H25ClN4O9S. The number of phenolic OH excluding ortho intramolecular Hbond substituents is 2. The maximum Gasteiger partial charge on any atom is 0.328 e. The van der Waals surface area contributed by atoms with Crippen LogP contribution < -0.4 is 5.43 Å². The van der Waals surface area contributed by atoms with E-state index < -0.39 is 69.0 Å². The highest BCUT2D eigenvalue weighted by Gasteiger charge is 2.53. The second-order valence-electron chi connectivity index (χ2n) is 8.79. The number of nitrogens with zero attached hydrogens (tertiary/aromatic N) is 3. The van der Waals surface area contributed by atoms with Crippen molar-refractivity contribution in [2.45, 2.75) is 43.5 Å². The van der Waals surface area contributed by atoms with Crippen molar-refractivity contribution >= 4 is 52.6 Å². The zero-order valence-electron chi connectivity index (χ0n) is 19.3. The molecule has 2 aliphatic rings. The highest BCUT2D eigenvalue weighted by molar-refractivity contribution is 7.81. The number of halogens is 1. The van der Waals surface area contributed by atoms with E-state index in [0.29, 0.717) is 0 Å². The summed E-state index contributed by atoms with van der Waals surface area (Å²) in [7, 11) is 0. The molecule has 2 heterocycles. The molecule has 2 unspecified atom stereocenters. The fraction of sp³-hybridized carbons (Fsp3) is 0.476. The van der Waals surface area contributed by atoms with E-state index in [4.69, 9.17) is 11.6 Å². The third kappa shape index (κ3) is 5.01. The lowest BCUT2D eigenvalue weighted by Crippen LogP contribution is -2.67. The summed E-state index contributed by atoms with van der Waals surface area (Å²) in [4.78, 5) is 51.5. The number of aliphatic carboxylic acids is 1. The molecule has 2 aliphatic heterocycles. The van der Waals surface area contributed by atoms with E-state index in [-0.39, 0.29) is 36.5 Å². The SMILES string of the molecule is C[C@@H]1CC(=O)N1[C@@H](C(=O)O)[C@](C)(/C=N/NC(=O)C1CCN(C(=O)c2ccc(O)c(O)c2Cl)C1)S(=O)O. The van der Waals surface area contributed by atoms with E-state index >= 15 is 0 Å². The van der Waals surface area contributed by atoms with E-state index in [2.05, 4.69) is 10.5 Å². The van der Waals surface area contributed by atoms with Crippen molar-refractivity contribution in [3.8, 4) is 11.5 Å². The Morgan fingerprint density at radius 2 is 2.00 bits per heavy atom. The van der Waals surface area contributed by atoms with Crippen molar-refractivity contribution in [1.82, 2.24) is 15.2 Å². The number of hydrogen-bond donors (Lipinski definition) is 5. The van der Waals surface area contributed by atoms with Crippen molar-refractivity contribution in [1.29, 1.82) is 0 Å². The highest BCUT2D eigenvalue weighted by Crippen LogP contribution is 2.36. The molecule has 0 radical (unpaired) electrons. The second kappa shape index (κ2) is 10.4. The van der Waals surface area contributed by atoms with Gasteiger partial charge in [-0.3, -0.25) is 14.4 Å². The number of carbonyl (C=O) groups excluding carboxylic acids is 3. The van der Waals surface area contributed by atoms with Gasteiger partial charge in [0.25, 0.3) is 5.91 Å². The van der Waals surface area contributed by atoms with Gasteiger partial charge in [0.15, 0.2) is 28.6 Å². The summed E-state index contributed by atoms with van der Waals surface area (Å²) in [5.41, 5.74) is 2.15. The van der Waals surface area contributed by atoms with Crippen LogP contribution >= 0.6 is 11.6 Å². The summed E-state index contributed by atoms with van der Waals surface area (Å²) < 4.78 is 19.9. The Hall–Kier alpha value is -3.23. The van der Waals surface area contributed by atoms with Crippen LogP contribution in [0, 0.1) is 5.92 Å². The molecule has 1 aromatic rings. The first kappa shape index (κ1) is 27.4. The summed E-state index contributed by atoms with van der Waals surface area (Å²) in [5, 5.41) is 32.3. The molecule has 5 N–H and O–H groups in total. The van der Waals surface area contributed by atoms with Crippen LogP contribution in [0.1, 0.15) is 37.0 Å². The number of carboxylic acids is 1. The lowest BCUT2D eigenvalue weighted by atomic mass is 9.92. The monoisotopic (exact) mass is 544 g/mol. The molecule has 2 fully saturated rings. The zero-order valence-corrected chi connectivity index (χ0v) is 20.8. The van der Waals surface area contributed by atoms with E-state index in [1.807, 2.05) is 0 Å². The molecule has 0 bridgehead atoms. The summed E-state index contributed by atoms with van der Waals surface area (Å²) >= 11 is 3.17. The van der Waals surface area contributed by atoms with Crippen molar-refractivity contribution in [3.05, 3.63) is 22.7 Å². The van der Waals surface area contributed by atoms with Gasteiger partial charge in [0.05, 0.1) is 16.5 Å². The Labute approximate surface area is 213 Å². The molecule has 2 saturated heterocycles. The van der Waals surface area contributed by atoms with E-state index in [1.165, 1.54) is 11.0 Å². The first-order valence-electron chi connectivity index (χ1n) is 10.8. The van der Waals surface area contributed by atoms with Gasteiger partial charge in [0.2, 0.25) is 11.8 Å². The molecule has 36 heavy (non-hydrogen) atoms. The van der Waals surface area contributed by atoms with Gasteiger partial charge in [0, 0.05) is 31.8 Å². The lowest BCUT2D eigenvalue weighted by molar-refractivity contribution is -0.161. The van der Waals surface area contributed by atoms with Crippen LogP contribution in [0.25, 0.3) is 0 Å².